The molecule has 0 bridgehead atoms. The Morgan fingerprint density at radius 3 is 2.82 bits per heavy atom. The first-order valence-electron chi connectivity index (χ1n) is 4.69. The third kappa shape index (κ3) is 2.68. The van der Waals surface area contributed by atoms with E-state index >= 15 is 0 Å². The molecule has 0 fully saturated rings. The molecule has 2 aromatic rings. The maximum Gasteiger partial charge on any atom is 0.125 e. The van der Waals surface area contributed by atoms with Gasteiger partial charge in [0.25, 0.3) is 0 Å². The maximum absolute atomic E-state index is 13.0. The number of benzene rings is 1. The van der Waals surface area contributed by atoms with Crippen LogP contribution in [0.1, 0.15) is 0 Å². The van der Waals surface area contributed by atoms with Gasteiger partial charge in [-0.3, -0.25) is 4.98 Å². The summed E-state index contributed by atoms with van der Waals surface area (Å²) >= 11 is 9.18. The van der Waals surface area contributed by atoms with E-state index in [9.17, 15) is 4.39 Å². The van der Waals surface area contributed by atoms with E-state index < -0.39 is 5.82 Å². The molecule has 3 nitrogen and oxygen atoms in total. The van der Waals surface area contributed by atoms with Gasteiger partial charge in [0, 0.05) is 10.7 Å². The number of hydrogen-bond donors (Lipinski definition) is 2. The molecular formula is C11H8BrClFN3. The molecule has 3 N–H and O–H groups in total. The zero-order valence-corrected chi connectivity index (χ0v) is 10.9. The number of nitrogen functional groups attached to an aromatic ring is 1. The first kappa shape index (κ1) is 12.1. The van der Waals surface area contributed by atoms with E-state index in [0.29, 0.717) is 21.5 Å². The third-order valence-corrected chi connectivity index (χ3v) is 3.04. The van der Waals surface area contributed by atoms with Crippen molar-refractivity contribution in [1.82, 2.24) is 4.98 Å². The molecule has 17 heavy (non-hydrogen) atoms. The van der Waals surface area contributed by atoms with Crippen LogP contribution in [0.5, 0.6) is 0 Å². The fourth-order valence-corrected chi connectivity index (χ4v) is 2.22. The van der Waals surface area contributed by atoms with Crippen LogP contribution in [0.3, 0.4) is 0 Å². The standard InChI is InChI=1S/C11H8BrClFN3/c12-7-3-6(14)4-8(13)11(7)17-10-1-2-16-5-9(10)15/h1-5H,15H2,(H,16,17). The highest BCUT2D eigenvalue weighted by atomic mass is 79.9. The molecule has 0 radical (unpaired) electrons. The molecule has 0 unspecified atom stereocenters. The quantitative estimate of drug-likeness (QED) is 0.881. The molecule has 2 rings (SSSR count). The van der Waals surface area contributed by atoms with Crippen molar-refractivity contribution in [3.05, 3.63) is 45.9 Å². The molecule has 0 amide bonds. The number of halogens is 3. The molecule has 1 aromatic heterocycles. The molecule has 0 spiro atoms. The zero-order chi connectivity index (χ0) is 12.4. The van der Waals surface area contributed by atoms with Gasteiger partial charge in [0.15, 0.2) is 0 Å². The Bertz CT molecular complexity index is 539. The number of aromatic nitrogens is 1. The molecule has 0 saturated heterocycles. The van der Waals surface area contributed by atoms with Crippen LogP contribution in [0, 0.1) is 5.82 Å². The molecule has 1 aromatic carbocycles. The minimum Gasteiger partial charge on any atom is -0.396 e. The Labute approximate surface area is 111 Å². The van der Waals surface area contributed by atoms with E-state index in [-0.39, 0.29) is 5.02 Å². The molecule has 0 aliphatic heterocycles. The summed E-state index contributed by atoms with van der Waals surface area (Å²) < 4.78 is 13.6. The van der Waals surface area contributed by atoms with Crippen molar-refractivity contribution in [1.29, 1.82) is 0 Å². The monoisotopic (exact) mass is 315 g/mol. The van der Waals surface area contributed by atoms with Crippen molar-refractivity contribution in [2.24, 2.45) is 0 Å². The summed E-state index contributed by atoms with van der Waals surface area (Å²) in [5.74, 6) is -0.407. The molecule has 1 heterocycles. The molecule has 6 heteroatoms. The molecule has 0 aliphatic rings. The molecular weight excluding hydrogens is 308 g/mol. The third-order valence-electron chi connectivity index (χ3n) is 2.12. The normalized spacial score (nSPS) is 10.3. The fraction of sp³-hybridized carbons (Fsp3) is 0. The lowest BCUT2D eigenvalue weighted by Gasteiger charge is -2.12. The topological polar surface area (TPSA) is 50.9 Å². The summed E-state index contributed by atoms with van der Waals surface area (Å²) in [4.78, 5) is 3.88. The highest BCUT2D eigenvalue weighted by molar-refractivity contribution is 9.10. The molecule has 0 aliphatic carbocycles. The lowest BCUT2D eigenvalue weighted by atomic mass is 10.2. The lowest BCUT2D eigenvalue weighted by Crippen LogP contribution is -1.98. The van der Waals surface area contributed by atoms with Crippen LogP contribution in [-0.4, -0.2) is 4.98 Å². The van der Waals surface area contributed by atoms with Crippen molar-refractivity contribution in [3.8, 4) is 0 Å². The van der Waals surface area contributed by atoms with E-state index in [2.05, 4.69) is 26.2 Å². The van der Waals surface area contributed by atoms with Gasteiger partial charge in [0.2, 0.25) is 0 Å². The second kappa shape index (κ2) is 4.89. The highest BCUT2D eigenvalue weighted by Crippen LogP contribution is 2.35. The Balaban J connectivity index is 2.40. The van der Waals surface area contributed by atoms with Crippen molar-refractivity contribution >= 4 is 44.6 Å². The van der Waals surface area contributed by atoms with Gasteiger partial charge in [0.05, 0.1) is 28.3 Å². The lowest BCUT2D eigenvalue weighted by molar-refractivity contribution is 0.627. The van der Waals surface area contributed by atoms with E-state index in [1.807, 2.05) is 0 Å². The van der Waals surface area contributed by atoms with Gasteiger partial charge < -0.3 is 11.1 Å². The van der Waals surface area contributed by atoms with Crippen LogP contribution in [0.4, 0.5) is 21.5 Å². The van der Waals surface area contributed by atoms with Gasteiger partial charge in [-0.05, 0) is 34.1 Å². The van der Waals surface area contributed by atoms with Crippen LogP contribution in [0.2, 0.25) is 5.02 Å². The Hall–Kier alpha value is -1.33. The maximum atomic E-state index is 13.0. The number of nitrogens with one attached hydrogen (secondary N) is 1. The van der Waals surface area contributed by atoms with Crippen LogP contribution in [-0.2, 0) is 0 Å². The predicted molar refractivity (Wildman–Crippen MR) is 71.0 cm³/mol. The number of nitrogens with two attached hydrogens (primary N) is 1. The van der Waals surface area contributed by atoms with Crippen LogP contribution >= 0.6 is 27.5 Å². The minimum absolute atomic E-state index is 0.271. The van der Waals surface area contributed by atoms with Crippen LogP contribution < -0.4 is 11.1 Å². The van der Waals surface area contributed by atoms with E-state index in [1.54, 1.807) is 12.3 Å². The average molecular weight is 317 g/mol. The predicted octanol–water partition coefficient (Wildman–Crippen LogP) is 3.96. The van der Waals surface area contributed by atoms with Gasteiger partial charge in [-0.25, -0.2) is 4.39 Å². The summed E-state index contributed by atoms with van der Waals surface area (Å²) in [5.41, 5.74) is 7.45. The summed E-state index contributed by atoms with van der Waals surface area (Å²) in [6.45, 7) is 0. The summed E-state index contributed by atoms with van der Waals surface area (Å²) in [6.07, 6.45) is 3.12. The van der Waals surface area contributed by atoms with E-state index in [0.717, 1.165) is 0 Å². The minimum atomic E-state index is -0.407. The SMILES string of the molecule is Nc1cnccc1Nc1c(Cl)cc(F)cc1Br. The summed E-state index contributed by atoms with van der Waals surface area (Å²) in [5, 5.41) is 3.30. The number of anilines is 3. The van der Waals surface area contributed by atoms with Gasteiger partial charge in [-0.1, -0.05) is 11.6 Å². The van der Waals surface area contributed by atoms with Crippen molar-refractivity contribution in [2.75, 3.05) is 11.1 Å². The van der Waals surface area contributed by atoms with Crippen molar-refractivity contribution in [3.63, 3.8) is 0 Å². The van der Waals surface area contributed by atoms with Crippen molar-refractivity contribution < 1.29 is 4.39 Å². The summed E-state index contributed by atoms with van der Waals surface area (Å²) in [7, 11) is 0. The molecule has 0 atom stereocenters. The smallest absolute Gasteiger partial charge is 0.125 e. The first-order valence-corrected chi connectivity index (χ1v) is 5.86. The second-order valence-electron chi connectivity index (χ2n) is 3.33. The second-order valence-corrected chi connectivity index (χ2v) is 4.59. The number of nitrogens with zero attached hydrogens (tertiary/aromatic N) is 1. The Morgan fingerprint density at radius 2 is 2.18 bits per heavy atom. The van der Waals surface area contributed by atoms with E-state index in [4.69, 9.17) is 17.3 Å². The largest absolute Gasteiger partial charge is 0.396 e. The number of hydrogen-bond acceptors (Lipinski definition) is 3. The first-order chi connectivity index (χ1) is 8.08. The molecule has 88 valence electrons. The van der Waals surface area contributed by atoms with Crippen LogP contribution in [0.25, 0.3) is 0 Å². The van der Waals surface area contributed by atoms with E-state index in [1.165, 1.54) is 18.3 Å². The number of rotatable bonds is 2. The van der Waals surface area contributed by atoms with Gasteiger partial charge in [-0.15, -0.1) is 0 Å². The Kier molecular flexibility index (Phi) is 3.49. The van der Waals surface area contributed by atoms with Gasteiger partial charge in [-0.2, -0.15) is 0 Å². The Morgan fingerprint density at radius 1 is 1.41 bits per heavy atom. The fourth-order valence-electron chi connectivity index (χ4n) is 1.32. The van der Waals surface area contributed by atoms with Gasteiger partial charge >= 0.3 is 0 Å². The van der Waals surface area contributed by atoms with Crippen molar-refractivity contribution in [2.45, 2.75) is 0 Å². The average Bonchev–Trinajstić information content (AvgIpc) is 2.25. The van der Waals surface area contributed by atoms with Crippen LogP contribution in [0.15, 0.2) is 35.1 Å². The number of pyridine rings is 1. The van der Waals surface area contributed by atoms with Gasteiger partial charge in [0.1, 0.15) is 5.82 Å². The summed E-state index contributed by atoms with van der Waals surface area (Å²) in [6, 6.07) is 4.26. The zero-order valence-electron chi connectivity index (χ0n) is 8.55. The molecule has 0 saturated carbocycles. The highest BCUT2D eigenvalue weighted by Gasteiger charge is 2.09.